The average molecular weight is 234 g/mol. The van der Waals surface area contributed by atoms with Crippen molar-refractivity contribution in [2.75, 3.05) is 26.3 Å². The summed E-state index contributed by atoms with van der Waals surface area (Å²) in [7, 11) is 0. The third-order valence-corrected chi connectivity index (χ3v) is 3.48. The Balaban J connectivity index is 2.05. The fourth-order valence-electron chi connectivity index (χ4n) is 2.18. The van der Waals surface area contributed by atoms with Gasteiger partial charge in [-0.3, -0.25) is 9.88 Å². The predicted molar refractivity (Wildman–Crippen MR) is 69.1 cm³/mol. The first-order valence-electron chi connectivity index (χ1n) is 6.46. The highest BCUT2D eigenvalue weighted by atomic mass is 16.5. The maximum absolute atomic E-state index is 5.38. The number of hydrogen-bond acceptors (Lipinski definition) is 3. The lowest BCUT2D eigenvalue weighted by Crippen LogP contribution is -2.38. The molecule has 0 N–H and O–H groups in total. The molecule has 2 heterocycles. The highest BCUT2D eigenvalue weighted by Crippen LogP contribution is 2.21. The Bertz CT molecular complexity index is 342. The number of nitrogens with zero attached hydrogens (tertiary/aromatic N) is 2. The monoisotopic (exact) mass is 234 g/mol. The van der Waals surface area contributed by atoms with E-state index in [0.29, 0.717) is 12.0 Å². The number of aromatic nitrogens is 1. The van der Waals surface area contributed by atoms with Crippen LogP contribution in [0.25, 0.3) is 0 Å². The van der Waals surface area contributed by atoms with Gasteiger partial charge in [-0.25, -0.2) is 0 Å². The fourth-order valence-corrected chi connectivity index (χ4v) is 2.18. The summed E-state index contributed by atoms with van der Waals surface area (Å²) in [4.78, 5) is 6.99. The van der Waals surface area contributed by atoms with Gasteiger partial charge in [0.2, 0.25) is 0 Å². The van der Waals surface area contributed by atoms with Crippen LogP contribution in [0, 0.1) is 0 Å². The van der Waals surface area contributed by atoms with Gasteiger partial charge in [0.1, 0.15) is 0 Å². The zero-order chi connectivity index (χ0) is 12.3. The molecule has 1 fully saturated rings. The van der Waals surface area contributed by atoms with Crippen molar-refractivity contribution in [2.24, 2.45) is 0 Å². The van der Waals surface area contributed by atoms with Crippen LogP contribution in [0.5, 0.6) is 0 Å². The molecule has 0 aromatic carbocycles. The summed E-state index contributed by atoms with van der Waals surface area (Å²) in [5.74, 6) is 0.503. The third kappa shape index (κ3) is 3.05. The van der Waals surface area contributed by atoms with Gasteiger partial charge in [0.25, 0.3) is 0 Å². The van der Waals surface area contributed by atoms with E-state index in [2.05, 4.69) is 42.8 Å². The van der Waals surface area contributed by atoms with Crippen LogP contribution < -0.4 is 0 Å². The molecule has 0 spiro atoms. The van der Waals surface area contributed by atoms with Gasteiger partial charge in [-0.2, -0.15) is 0 Å². The molecule has 0 amide bonds. The van der Waals surface area contributed by atoms with Gasteiger partial charge in [-0.15, -0.1) is 0 Å². The molecule has 0 bridgehead atoms. The Morgan fingerprint density at radius 2 is 1.88 bits per heavy atom. The number of morpholine rings is 1. The van der Waals surface area contributed by atoms with Gasteiger partial charge in [0, 0.05) is 31.0 Å². The minimum atomic E-state index is 0.438. The second kappa shape index (κ2) is 5.61. The van der Waals surface area contributed by atoms with Gasteiger partial charge in [0.15, 0.2) is 0 Å². The first kappa shape index (κ1) is 12.5. The van der Waals surface area contributed by atoms with Gasteiger partial charge >= 0.3 is 0 Å². The van der Waals surface area contributed by atoms with Crippen LogP contribution in [0.15, 0.2) is 18.3 Å². The van der Waals surface area contributed by atoms with Crippen LogP contribution in [0.1, 0.15) is 44.0 Å². The Morgan fingerprint density at radius 1 is 1.18 bits per heavy atom. The van der Waals surface area contributed by atoms with E-state index in [1.807, 2.05) is 6.20 Å². The molecule has 1 aliphatic heterocycles. The predicted octanol–water partition coefficient (Wildman–Crippen LogP) is 2.60. The van der Waals surface area contributed by atoms with Crippen molar-refractivity contribution in [1.82, 2.24) is 9.88 Å². The van der Waals surface area contributed by atoms with Gasteiger partial charge < -0.3 is 4.74 Å². The topological polar surface area (TPSA) is 25.4 Å². The van der Waals surface area contributed by atoms with Crippen LogP contribution in [0.3, 0.4) is 0 Å². The molecule has 0 radical (unpaired) electrons. The van der Waals surface area contributed by atoms with E-state index < -0.39 is 0 Å². The van der Waals surface area contributed by atoms with Crippen LogP contribution >= 0.6 is 0 Å². The van der Waals surface area contributed by atoms with Crippen molar-refractivity contribution in [3.05, 3.63) is 29.6 Å². The van der Waals surface area contributed by atoms with Gasteiger partial charge in [-0.1, -0.05) is 19.9 Å². The number of hydrogen-bond donors (Lipinski definition) is 0. The quantitative estimate of drug-likeness (QED) is 0.804. The largest absolute Gasteiger partial charge is 0.379 e. The smallest absolute Gasteiger partial charge is 0.0594 e. The molecule has 3 nitrogen and oxygen atoms in total. The Labute approximate surface area is 104 Å². The SMILES string of the molecule is CC(C)c1ccc([C@H](C)N2CCOCC2)cn1. The Morgan fingerprint density at radius 3 is 2.41 bits per heavy atom. The van der Waals surface area contributed by atoms with E-state index >= 15 is 0 Å². The average Bonchev–Trinajstić information content (AvgIpc) is 2.39. The zero-order valence-corrected chi connectivity index (χ0v) is 11.0. The first-order chi connectivity index (χ1) is 8.18. The molecule has 1 saturated heterocycles. The highest BCUT2D eigenvalue weighted by Gasteiger charge is 2.18. The van der Waals surface area contributed by atoms with Crippen LogP contribution in [0.4, 0.5) is 0 Å². The van der Waals surface area contributed by atoms with Crippen molar-refractivity contribution < 1.29 is 4.74 Å². The molecule has 3 heteroatoms. The molecule has 1 aromatic heterocycles. The lowest BCUT2D eigenvalue weighted by atomic mass is 10.1. The number of pyridine rings is 1. The Hall–Kier alpha value is -0.930. The minimum absolute atomic E-state index is 0.438. The first-order valence-corrected chi connectivity index (χ1v) is 6.46. The summed E-state index contributed by atoms with van der Waals surface area (Å²) in [6.07, 6.45) is 2.02. The number of ether oxygens (including phenoxy) is 1. The molecule has 1 atom stereocenters. The molecule has 2 rings (SSSR count). The molecular weight excluding hydrogens is 212 g/mol. The highest BCUT2D eigenvalue weighted by molar-refractivity contribution is 5.19. The number of rotatable bonds is 3. The fraction of sp³-hybridized carbons (Fsp3) is 0.643. The molecule has 1 aliphatic rings. The van der Waals surface area contributed by atoms with E-state index in [9.17, 15) is 0 Å². The molecule has 1 aromatic rings. The Kier molecular flexibility index (Phi) is 4.13. The van der Waals surface area contributed by atoms with Crippen LogP contribution in [-0.2, 0) is 4.74 Å². The summed E-state index contributed by atoms with van der Waals surface area (Å²) in [6, 6.07) is 4.80. The summed E-state index contributed by atoms with van der Waals surface area (Å²) in [6.45, 7) is 10.3. The summed E-state index contributed by atoms with van der Waals surface area (Å²) in [5, 5.41) is 0. The van der Waals surface area contributed by atoms with Crippen molar-refractivity contribution in [3.8, 4) is 0 Å². The molecule has 94 valence electrons. The lowest BCUT2D eigenvalue weighted by molar-refractivity contribution is 0.0198. The minimum Gasteiger partial charge on any atom is -0.379 e. The van der Waals surface area contributed by atoms with E-state index in [1.54, 1.807) is 0 Å². The van der Waals surface area contributed by atoms with Gasteiger partial charge in [0.05, 0.1) is 13.2 Å². The molecule has 0 saturated carbocycles. The van der Waals surface area contributed by atoms with E-state index in [1.165, 1.54) is 11.3 Å². The summed E-state index contributed by atoms with van der Waals surface area (Å²) < 4.78 is 5.38. The maximum atomic E-state index is 5.38. The van der Waals surface area contributed by atoms with Crippen LogP contribution in [-0.4, -0.2) is 36.2 Å². The molecule has 0 aliphatic carbocycles. The lowest BCUT2D eigenvalue weighted by Gasteiger charge is -2.32. The second-order valence-electron chi connectivity index (χ2n) is 5.00. The van der Waals surface area contributed by atoms with E-state index in [-0.39, 0.29) is 0 Å². The van der Waals surface area contributed by atoms with E-state index in [4.69, 9.17) is 4.74 Å². The third-order valence-electron chi connectivity index (χ3n) is 3.48. The van der Waals surface area contributed by atoms with Crippen molar-refractivity contribution in [2.45, 2.75) is 32.7 Å². The second-order valence-corrected chi connectivity index (χ2v) is 5.00. The zero-order valence-electron chi connectivity index (χ0n) is 11.0. The normalized spacial score (nSPS) is 19.5. The van der Waals surface area contributed by atoms with Gasteiger partial charge in [-0.05, 0) is 24.5 Å². The molecule has 0 unspecified atom stereocenters. The standard InChI is InChI=1S/C14H22N2O/c1-11(2)14-5-4-13(10-15-14)12(3)16-6-8-17-9-7-16/h4-5,10-12H,6-9H2,1-3H3/t12-/m0/s1. The summed E-state index contributed by atoms with van der Waals surface area (Å²) in [5.41, 5.74) is 2.47. The van der Waals surface area contributed by atoms with Crippen molar-refractivity contribution >= 4 is 0 Å². The molecule has 17 heavy (non-hydrogen) atoms. The van der Waals surface area contributed by atoms with E-state index in [0.717, 1.165) is 26.3 Å². The summed E-state index contributed by atoms with van der Waals surface area (Å²) >= 11 is 0. The van der Waals surface area contributed by atoms with Crippen molar-refractivity contribution in [1.29, 1.82) is 0 Å². The maximum Gasteiger partial charge on any atom is 0.0594 e. The molecular formula is C14H22N2O. The van der Waals surface area contributed by atoms with Crippen molar-refractivity contribution in [3.63, 3.8) is 0 Å². The van der Waals surface area contributed by atoms with Crippen LogP contribution in [0.2, 0.25) is 0 Å².